The van der Waals surface area contributed by atoms with Crippen LogP contribution >= 0.6 is 11.6 Å². The highest BCUT2D eigenvalue weighted by Crippen LogP contribution is 2.41. The summed E-state index contributed by atoms with van der Waals surface area (Å²) in [6.07, 6.45) is 2.25. The van der Waals surface area contributed by atoms with E-state index in [9.17, 15) is 8.78 Å². The fourth-order valence-electron chi connectivity index (χ4n) is 1.59. The maximum absolute atomic E-state index is 12.0. The molecule has 82 valence electrons. The average Bonchev–Trinajstić information content (AvgIpc) is 2.99. The second-order valence-corrected chi connectivity index (χ2v) is 3.96. The second-order valence-electron chi connectivity index (χ2n) is 3.70. The molecule has 0 unspecified atom stereocenters. The Morgan fingerprint density at radius 3 is 2.60 bits per heavy atom. The van der Waals surface area contributed by atoms with E-state index in [1.165, 1.54) is 0 Å². The van der Waals surface area contributed by atoms with Crippen molar-refractivity contribution in [3.8, 4) is 5.75 Å². The molecule has 1 aliphatic carbocycles. The lowest BCUT2D eigenvalue weighted by molar-refractivity contribution is -0.0499. The van der Waals surface area contributed by atoms with Gasteiger partial charge in [-0.15, -0.1) is 11.6 Å². The van der Waals surface area contributed by atoms with E-state index in [2.05, 4.69) is 4.74 Å². The number of ether oxygens (including phenoxy) is 1. The largest absolute Gasteiger partial charge is 0.435 e. The van der Waals surface area contributed by atoms with Gasteiger partial charge in [-0.3, -0.25) is 0 Å². The van der Waals surface area contributed by atoms with Crippen molar-refractivity contribution in [1.29, 1.82) is 0 Å². The first-order chi connectivity index (χ1) is 7.19. The van der Waals surface area contributed by atoms with Gasteiger partial charge in [-0.2, -0.15) is 8.78 Å². The molecule has 0 saturated heterocycles. The lowest BCUT2D eigenvalue weighted by atomic mass is 10.1. The Balaban J connectivity index is 2.24. The van der Waals surface area contributed by atoms with Gasteiger partial charge in [0.05, 0.1) is 0 Å². The number of rotatable bonds is 4. The predicted octanol–water partition coefficient (Wildman–Crippen LogP) is 3.90. The zero-order valence-electron chi connectivity index (χ0n) is 8.05. The summed E-state index contributed by atoms with van der Waals surface area (Å²) >= 11 is 5.69. The summed E-state index contributed by atoms with van der Waals surface area (Å²) in [5.74, 6) is 1.04. The summed E-state index contributed by atoms with van der Waals surface area (Å²) in [5, 5.41) is 0. The van der Waals surface area contributed by atoms with Gasteiger partial charge in [0.2, 0.25) is 0 Å². The first-order valence-electron chi connectivity index (χ1n) is 4.83. The monoisotopic (exact) mass is 232 g/mol. The molecule has 0 heterocycles. The van der Waals surface area contributed by atoms with Crippen LogP contribution in [-0.4, -0.2) is 6.61 Å². The van der Waals surface area contributed by atoms with Crippen molar-refractivity contribution >= 4 is 11.6 Å². The quantitative estimate of drug-likeness (QED) is 0.716. The molecule has 1 aliphatic rings. The van der Waals surface area contributed by atoms with Gasteiger partial charge in [0.25, 0.3) is 0 Å². The molecule has 1 aromatic carbocycles. The van der Waals surface area contributed by atoms with Crippen LogP contribution in [0.25, 0.3) is 0 Å². The molecule has 2 rings (SSSR count). The summed E-state index contributed by atoms with van der Waals surface area (Å²) in [6, 6.07) is 5.20. The molecule has 0 amide bonds. The van der Waals surface area contributed by atoms with Gasteiger partial charge in [-0.25, -0.2) is 0 Å². The highest BCUT2D eigenvalue weighted by Gasteiger charge is 2.24. The van der Waals surface area contributed by atoms with Gasteiger partial charge in [-0.05, 0) is 42.0 Å². The summed E-state index contributed by atoms with van der Waals surface area (Å²) in [7, 11) is 0. The lowest BCUT2D eigenvalue weighted by Gasteiger charge is -2.08. The first-order valence-corrected chi connectivity index (χ1v) is 5.37. The minimum Gasteiger partial charge on any atom is -0.435 e. The van der Waals surface area contributed by atoms with E-state index < -0.39 is 6.61 Å². The Morgan fingerprint density at radius 2 is 2.07 bits per heavy atom. The Morgan fingerprint density at radius 1 is 1.33 bits per heavy atom. The Kier molecular flexibility index (Phi) is 3.10. The fraction of sp³-hybridized carbons (Fsp3) is 0.455. The molecule has 0 N–H and O–H groups in total. The van der Waals surface area contributed by atoms with Crippen LogP contribution in [0.1, 0.15) is 29.9 Å². The molecule has 1 nitrogen and oxygen atoms in total. The van der Waals surface area contributed by atoms with Crippen LogP contribution in [0.15, 0.2) is 18.2 Å². The topological polar surface area (TPSA) is 9.23 Å². The normalized spacial score (nSPS) is 15.7. The molecule has 1 saturated carbocycles. The minimum atomic E-state index is -2.78. The zero-order valence-corrected chi connectivity index (χ0v) is 8.81. The molecule has 0 spiro atoms. The highest BCUT2D eigenvalue weighted by atomic mass is 35.5. The molecule has 1 aromatic rings. The van der Waals surface area contributed by atoms with Gasteiger partial charge in [0, 0.05) is 5.88 Å². The second kappa shape index (κ2) is 4.35. The van der Waals surface area contributed by atoms with Crippen LogP contribution in [0.2, 0.25) is 0 Å². The van der Waals surface area contributed by atoms with Gasteiger partial charge in [0.1, 0.15) is 5.75 Å². The molecule has 0 aromatic heterocycles. The summed E-state index contributed by atoms with van der Waals surface area (Å²) in [5.41, 5.74) is 1.89. The van der Waals surface area contributed by atoms with E-state index in [0.29, 0.717) is 11.8 Å². The molecule has 4 heteroatoms. The van der Waals surface area contributed by atoms with Crippen molar-refractivity contribution in [3.63, 3.8) is 0 Å². The van der Waals surface area contributed by atoms with Crippen LogP contribution in [0.4, 0.5) is 8.78 Å². The number of benzene rings is 1. The van der Waals surface area contributed by atoms with E-state index in [4.69, 9.17) is 11.6 Å². The molecule has 1 fully saturated rings. The molecule has 0 atom stereocenters. The predicted molar refractivity (Wildman–Crippen MR) is 54.6 cm³/mol. The van der Waals surface area contributed by atoms with Crippen molar-refractivity contribution in [2.24, 2.45) is 0 Å². The van der Waals surface area contributed by atoms with Crippen LogP contribution < -0.4 is 4.74 Å². The van der Waals surface area contributed by atoms with Crippen molar-refractivity contribution in [3.05, 3.63) is 29.3 Å². The van der Waals surface area contributed by atoms with Crippen LogP contribution in [0.3, 0.4) is 0 Å². The zero-order chi connectivity index (χ0) is 10.8. The van der Waals surface area contributed by atoms with E-state index >= 15 is 0 Å². The SMILES string of the molecule is FC(F)Oc1cc(CCl)cc(C2CC2)c1. The third-order valence-corrected chi connectivity index (χ3v) is 2.73. The van der Waals surface area contributed by atoms with Crippen LogP contribution in [-0.2, 0) is 5.88 Å². The number of hydrogen-bond acceptors (Lipinski definition) is 1. The Bertz CT molecular complexity index is 350. The van der Waals surface area contributed by atoms with Gasteiger partial charge in [-0.1, -0.05) is 6.07 Å². The van der Waals surface area contributed by atoms with Crippen molar-refractivity contribution in [1.82, 2.24) is 0 Å². The first kappa shape index (κ1) is 10.7. The number of hydrogen-bond donors (Lipinski definition) is 0. The van der Waals surface area contributed by atoms with E-state index in [1.807, 2.05) is 6.07 Å². The standard InChI is InChI=1S/C11H11ClF2O/c12-6-7-3-9(8-1-2-8)5-10(4-7)15-11(13)14/h3-5,8,11H,1-2,6H2. The maximum Gasteiger partial charge on any atom is 0.387 e. The molecule has 0 bridgehead atoms. The Labute approximate surface area is 92.0 Å². The summed E-state index contributed by atoms with van der Waals surface area (Å²) < 4.78 is 28.5. The van der Waals surface area contributed by atoms with Crippen LogP contribution in [0, 0.1) is 0 Å². The van der Waals surface area contributed by atoms with Gasteiger partial charge in [0.15, 0.2) is 0 Å². The molecular formula is C11H11ClF2O. The molecular weight excluding hydrogens is 222 g/mol. The highest BCUT2D eigenvalue weighted by molar-refractivity contribution is 6.17. The van der Waals surface area contributed by atoms with Gasteiger partial charge >= 0.3 is 6.61 Å². The summed E-state index contributed by atoms with van der Waals surface area (Å²) in [6.45, 7) is -2.78. The molecule has 15 heavy (non-hydrogen) atoms. The minimum absolute atomic E-state index is 0.213. The summed E-state index contributed by atoms with van der Waals surface area (Å²) in [4.78, 5) is 0. The van der Waals surface area contributed by atoms with E-state index in [-0.39, 0.29) is 5.75 Å². The number of alkyl halides is 3. The molecule has 0 aliphatic heterocycles. The van der Waals surface area contributed by atoms with Crippen molar-refractivity contribution in [2.75, 3.05) is 0 Å². The van der Waals surface area contributed by atoms with Crippen molar-refractivity contribution < 1.29 is 13.5 Å². The van der Waals surface area contributed by atoms with Gasteiger partial charge < -0.3 is 4.74 Å². The third-order valence-electron chi connectivity index (χ3n) is 2.42. The number of halogens is 3. The maximum atomic E-state index is 12.0. The fourth-order valence-corrected chi connectivity index (χ4v) is 1.74. The lowest BCUT2D eigenvalue weighted by Crippen LogP contribution is -2.02. The van der Waals surface area contributed by atoms with Crippen molar-refractivity contribution in [2.45, 2.75) is 31.3 Å². The van der Waals surface area contributed by atoms with Crippen LogP contribution in [0.5, 0.6) is 5.75 Å². The average molecular weight is 233 g/mol. The molecule has 0 radical (unpaired) electrons. The van der Waals surface area contributed by atoms with E-state index in [1.54, 1.807) is 12.1 Å². The third kappa shape index (κ3) is 2.81. The smallest absolute Gasteiger partial charge is 0.387 e. The Hall–Kier alpha value is -0.830. The van der Waals surface area contributed by atoms with E-state index in [0.717, 1.165) is 24.0 Å².